The van der Waals surface area contributed by atoms with E-state index in [1.54, 1.807) is 6.92 Å². The molecule has 0 aromatic carbocycles. The van der Waals surface area contributed by atoms with Gasteiger partial charge in [0.2, 0.25) is 5.91 Å². The first-order chi connectivity index (χ1) is 9.31. The van der Waals surface area contributed by atoms with E-state index in [1.807, 2.05) is 13.8 Å². The summed E-state index contributed by atoms with van der Waals surface area (Å²) in [5, 5.41) is 5.52. The predicted octanol–water partition coefficient (Wildman–Crippen LogP) is 1.21. The molecular formula is C13H19ClN4O2. The fourth-order valence-electron chi connectivity index (χ4n) is 1.38. The molecule has 2 amide bonds. The van der Waals surface area contributed by atoms with E-state index < -0.39 is 11.9 Å². The monoisotopic (exact) mass is 298 g/mol. The van der Waals surface area contributed by atoms with Crippen molar-refractivity contribution in [2.75, 3.05) is 12.3 Å². The summed E-state index contributed by atoms with van der Waals surface area (Å²) in [6, 6.07) is 0.774. The molecular weight excluding hydrogens is 280 g/mol. The number of nitrogens with one attached hydrogen (secondary N) is 2. The van der Waals surface area contributed by atoms with Gasteiger partial charge in [-0.05, 0) is 18.9 Å². The van der Waals surface area contributed by atoms with E-state index in [-0.39, 0.29) is 22.3 Å². The molecule has 0 aliphatic rings. The van der Waals surface area contributed by atoms with Gasteiger partial charge in [-0.3, -0.25) is 9.59 Å². The van der Waals surface area contributed by atoms with Gasteiger partial charge in [0.1, 0.15) is 11.9 Å². The molecule has 1 aromatic rings. The number of nitrogens with zero attached hydrogens (tertiary/aromatic N) is 1. The first-order valence-electron chi connectivity index (χ1n) is 6.30. The van der Waals surface area contributed by atoms with Crippen LogP contribution in [-0.4, -0.2) is 29.4 Å². The number of anilines is 1. The predicted molar refractivity (Wildman–Crippen MR) is 78.4 cm³/mol. The fourth-order valence-corrected chi connectivity index (χ4v) is 1.54. The van der Waals surface area contributed by atoms with Crippen LogP contribution in [0.1, 0.15) is 31.1 Å². The summed E-state index contributed by atoms with van der Waals surface area (Å²) in [7, 11) is 0. The Labute approximate surface area is 123 Å². The van der Waals surface area contributed by atoms with E-state index >= 15 is 0 Å². The molecule has 1 unspecified atom stereocenters. The zero-order valence-corrected chi connectivity index (χ0v) is 12.5. The SMILES string of the molecule is CC(C)CNC(=O)C(C)NC(=O)c1cnc(N)c(Cl)c1. The summed E-state index contributed by atoms with van der Waals surface area (Å²) in [5.74, 6) is -0.152. The van der Waals surface area contributed by atoms with Crippen LogP contribution < -0.4 is 16.4 Å². The molecule has 0 aliphatic carbocycles. The number of carbonyl (C=O) groups excluding carboxylic acids is 2. The van der Waals surface area contributed by atoms with Gasteiger partial charge >= 0.3 is 0 Å². The number of halogens is 1. The Balaban J connectivity index is 2.60. The minimum absolute atomic E-state index is 0.158. The smallest absolute Gasteiger partial charge is 0.253 e. The van der Waals surface area contributed by atoms with E-state index in [1.165, 1.54) is 12.3 Å². The van der Waals surface area contributed by atoms with Crippen LogP contribution in [0.3, 0.4) is 0 Å². The normalized spacial score (nSPS) is 12.1. The number of amides is 2. The van der Waals surface area contributed by atoms with E-state index in [0.29, 0.717) is 12.5 Å². The van der Waals surface area contributed by atoms with Gasteiger partial charge in [-0.2, -0.15) is 0 Å². The minimum Gasteiger partial charge on any atom is -0.382 e. The zero-order valence-electron chi connectivity index (χ0n) is 11.7. The van der Waals surface area contributed by atoms with Crippen LogP contribution in [-0.2, 0) is 4.79 Å². The number of hydrogen-bond donors (Lipinski definition) is 3. The molecule has 0 radical (unpaired) electrons. The molecule has 0 saturated heterocycles. The number of rotatable bonds is 5. The molecule has 1 atom stereocenters. The maximum atomic E-state index is 11.9. The van der Waals surface area contributed by atoms with E-state index in [4.69, 9.17) is 17.3 Å². The van der Waals surface area contributed by atoms with Crippen molar-refractivity contribution >= 4 is 29.2 Å². The lowest BCUT2D eigenvalue weighted by molar-refractivity contribution is -0.122. The van der Waals surface area contributed by atoms with Crippen LogP contribution in [0.15, 0.2) is 12.3 Å². The maximum absolute atomic E-state index is 11.9. The molecule has 0 saturated carbocycles. The number of aromatic nitrogens is 1. The molecule has 1 aromatic heterocycles. The van der Waals surface area contributed by atoms with Crippen molar-refractivity contribution in [2.24, 2.45) is 5.92 Å². The standard InChI is InChI=1S/C13H19ClN4O2/c1-7(2)5-17-12(19)8(3)18-13(20)9-4-10(14)11(15)16-6-9/h4,6-8H,5H2,1-3H3,(H2,15,16)(H,17,19)(H,18,20). The van der Waals surface area contributed by atoms with Crippen LogP contribution in [0.5, 0.6) is 0 Å². The summed E-state index contributed by atoms with van der Waals surface area (Å²) in [6.45, 7) is 6.16. The van der Waals surface area contributed by atoms with Crippen molar-refractivity contribution in [3.8, 4) is 0 Å². The van der Waals surface area contributed by atoms with Gasteiger partial charge < -0.3 is 16.4 Å². The largest absolute Gasteiger partial charge is 0.382 e. The molecule has 0 bridgehead atoms. The first kappa shape index (κ1) is 16.2. The quantitative estimate of drug-likeness (QED) is 0.761. The van der Waals surface area contributed by atoms with Crippen LogP contribution in [0.4, 0.5) is 5.82 Å². The molecule has 0 fully saturated rings. The van der Waals surface area contributed by atoms with Gasteiger partial charge in [-0.1, -0.05) is 25.4 Å². The lowest BCUT2D eigenvalue weighted by Gasteiger charge is -2.15. The van der Waals surface area contributed by atoms with Gasteiger partial charge in [-0.15, -0.1) is 0 Å². The van der Waals surface area contributed by atoms with Gasteiger partial charge in [0.25, 0.3) is 5.91 Å². The third-order valence-corrected chi connectivity index (χ3v) is 2.86. The maximum Gasteiger partial charge on any atom is 0.253 e. The number of nitrogen functional groups attached to an aromatic ring is 1. The highest BCUT2D eigenvalue weighted by molar-refractivity contribution is 6.33. The van der Waals surface area contributed by atoms with Crippen LogP contribution in [0.25, 0.3) is 0 Å². The van der Waals surface area contributed by atoms with Gasteiger partial charge in [-0.25, -0.2) is 4.98 Å². The Morgan fingerprint density at radius 3 is 2.60 bits per heavy atom. The summed E-state index contributed by atoms with van der Waals surface area (Å²) in [5.41, 5.74) is 5.72. The summed E-state index contributed by atoms with van der Waals surface area (Å²) in [4.78, 5) is 27.5. The lowest BCUT2D eigenvalue weighted by atomic mass is 10.2. The van der Waals surface area contributed by atoms with E-state index in [9.17, 15) is 9.59 Å². The van der Waals surface area contributed by atoms with Gasteiger partial charge in [0.15, 0.2) is 0 Å². The number of carbonyl (C=O) groups is 2. The Hall–Kier alpha value is -1.82. The first-order valence-corrected chi connectivity index (χ1v) is 6.68. The van der Waals surface area contributed by atoms with Crippen molar-refractivity contribution in [3.05, 3.63) is 22.8 Å². The van der Waals surface area contributed by atoms with Crippen molar-refractivity contribution in [2.45, 2.75) is 26.8 Å². The van der Waals surface area contributed by atoms with E-state index in [2.05, 4.69) is 15.6 Å². The van der Waals surface area contributed by atoms with Crippen LogP contribution in [0, 0.1) is 5.92 Å². The summed E-state index contributed by atoms with van der Waals surface area (Å²) < 4.78 is 0. The molecule has 4 N–H and O–H groups in total. The van der Waals surface area contributed by atoms with Crippen molar-refractivity contribution in [3.63, 3.8) is 0 Å². The van der Waals surface area contributed by atoms with Gasteiger partial charge in [0, 0.05) is 12.7 Å². The highest BCUT2D eigenvalue weighted by Gasteiger charge is 2.17. The molecule has 110 valence electrons. The lowest BCUT2D eigenvalue weighted by Crippen LogP contribution is -2.45. The zero-order chi connectivity index (χ0) is 15.3. The number of hydrogen-bond acceptors (Lipinski definition) is 4. The van der Waals surface area contributed by atoms with Crippen LogP contribution >= 0.6 is 11.6 Å². The molecule has 1 rings (SSSR count). The third-order valence-electron chi connectivity index (χ3n) is 2.56. The second-order valence-corrected chi connectivity index (χ2v) is 5.33. The Bertz CT molecular complexity index is 505. The van der Waals surface area contributed by atoms with Crippen molar-refractivity contribution in [1.82, 2.24) is 15.6 Å². The van der Waals surface area contributed by atoms with Crippen LogP contribution in [0.2, 0.25) is 5.02 Å². The topological polar surface area (TPSA) is 97.1 Å². The van der Waals surface area contributed by atoms with E-state index in [0.717, 1.165) is 0 Å². The Kier molecular flexibility index (Phi) is 5.76. The molecule has 7 heteroatoms. The minimum atomic E-state index is -0.641. The summed E-state index contributed by atoms with van der Waals surface area (Å²) in [6.07, 6.45) is 1.31. The molecule has 0 aliphatic heterocycles. The number of nitrogens with two attached hydrogens (primary N) is 1. The highest BCUT2D eigenvalue weighted by atomic mass is 35.5. The second kappa shape index (κ2) is 7.09. The molecule has 20 heavy (non-hydrogen) atoms. The second-order valence-electron chi connectivity index (χ2n) is 4.93. The third kappa shape index (κ3) is 4.70. The molecule has 6 nitrogen and oxygen atoms in total. The molecule has 1 heterocycles. The Morgan fingerprint density at radius 2 is 2.05 bits per heavy atom. The Morgan fingerprint density at radius 1 is 1.40 bits per heavy atom. The summed E-state index contributed by atoms with van der Waals surface area (Å²) >= 11 is 5.79. The number of pyridine rings is 1. The average Bonchev–Trinajstić information content (AvgIpc) is 2.38. The van der Waals surface area contributed by atoms with Crippen molar-refractivity contribution in [1.29, 1.82) is 0 Å². The van der Waals surface area contributed by atoms with Gasteiger partial charge in [0.05, 0.1) is 10.6 Å². The average molecular weight is 299 g/mol. The fraction of sp³-hybridized carbons (Fsp3) is 0.462. The molecule has 0 spiro atoms. The highest BCUT2D eigenvalue weighted by Crippen LogP contribution is 2.16. The van der Waals surface area contributed by atoms with Crippen molar-refractivity contribution < 1.29 is 9.59 Å².